The molecule has 0 amide bonds. The van der Waals surface area contributed by atoms with E-state index in [0.717, 1.165) is 4.90 Å². The molecule has 0 saturated heterocycles. The van der Waals surface area contributed by atoms with E-state index < -0.39 is 11.2 Å². The number of hydrogen-bond donors (Lipinski definition) is 0. The van der Waals surface area contributed by atoms with Gasteiger partial charge in [0.1, 0.15) is 0 Å². The topological polar surface area (TPSA) is 32.1 Å². The molecule has 0 spiro atoms. The maximum Gasteiger partial charge on any atom is 0.187 e. The Kier molecular flexibility index (Phi) is 5.00. The summed E-state index contributed by atoms with van der Waals surface area (Å²) in [5.74, 6) is 0. The summed E-state index contributed by atoms with van der Waals surface area (Å²) in [6.45, 7) is 7.69. The Morgan fingerprint density at radius 1 is 0.786 bits per heavy atom. The summed E-state index contributed by atoms with van der Waals surface area (Å²) in [6, 6.07) is 23.7. The van der Waals surface area contributed by atoms with Gasteiger partial charge in [-0.1, -0.05) is 42.5 Å². The van der Waals surface area contributed by atoms with Crippen LogP contribution in [0.15, 0.2) is 71.6 Å². The van der Waals surface area contributed by atoms with Crippen LogP contribution in [-0.4, -0.2) is 16.3 Å². The van der Waals surface area contributed by atoms with Crippen molar-refractivity contribution in [3.05, 3.63) is 66.7 Å². The molecule has 4 aromatic rings. The molecule has 0 atom stereocenters. The summed E-state index contributed by atoms with van der Waals surface area (Å²) in [7, 11) is 0. The first kappa shape index (κ1) is 19.5. The second-order valence-corrected chi connectivity index (χ2v) is 10.0. The molecule has 0 fully saturated rings. The van der Waals surface area contributed by atoms with Gasteiger partial charge in [0, 0.05) is 51.0 Å². The Balaban J connectivity index is 1.63. The zero-order chi connectivity index (χ0) is 19.9. The largest absolute Gasteiger partial charge is 0.439 e. The van der Waals surface area contributed by atoms with Gasteiger partial charge in [0.2, 0.25) is 0 Å². The van der Waals surface area contributed by atoms with Gasteiger partial charge in [-0.15, -0.1) is 11.3 Å². The number of benzene rings is 3. The van der Waals surface area contributed by atoms with Crippen LogP contribution in [-0.2, 0) is 4.18 Å². The molecule has 0 radical (unpaired) electrons. The average Bonchev–Trinajstić information content (AvgIpc) is 3.03. The molecule has 1 heterocycles. The molecule has 28 heavy (non-hydrogen) atoms. The number of hydrogen-bond acceptors (Lipinski definition) is 3. The van der Waals surface area contributed by atoms with Crippen molar-refractivity contribution in [1.82, 2.24) is 0 Å². The minimum Gasteiger partial charge on any atom is -0.439 e. The third-order valence-electron chi connectivity index (χ3n) is 5.40. The summed E-state index contributed by atoms with van der Waals surface area (Å²) in [6.07, 6.45) is 0. The number of rotatable bonds is 5. The fourth-order valence-corrected chi connectivity index (χ4v) is 4.86. The van der Waals surface area contributed by atoms with Crippen molar-refractivity contribution in [2.45, 2.75) is 43.8 Å². The van der Waals surface area contributed by atoms with E-state index in [0.29, 0.717) is 0 Å². The molecule has 2 nitrogen and oxygen atoms in total. The van der Waals surface area contributed by atoms with Gasteiger partial charge >= 0.3 is 0 Å². The van der Waals surface area contributed by atoms with Crippen LogP contribution in [0.1, 0.15) is 27.7 Å². The van der Waals surface area contributed by atoms with Crippen molar-refractivity contribution in [1.29, 1.82) is 0 Å². The first-order valence-electron chi connectivity index (χ1n) is 9.37. The normalized spacial score (nSPS) is 12.8. The molecule has 0 bridgehead atoms. The lowest BCUT2D eigenvalue weighted by atomic mass is 9.90. The first-order chi connectivity index (χ1) is 13.2. The molecule has 4 heteroatoms. The molecule has 2 N–H and O–H groups in total. The fourth-order valence-electron chi connectivity index (χ4n) is 2.89. The molecule has 4 rings (SSSR count). The lowest BCUT2D eigenvalue weighted by molar-refractivity contribution is -0.0813. The van der Waals surface area contributed by atoms with Crippen molar-refractivity contribution < 1.29 is 9.29 Å². The van der Waals surface area contributed by atoms with Crippen molar-refractivity contribution >= 4 is 43.6 Å². The maximum atomic E-state index is 8.26. The Labute approximate surface area is 174 Å². The van der Waals surface area contributed by atoms with E-state index >= 15 is 0 Å². The third kappa shape index (κ3) is 3.70. The lowest BCUT2D eigenvalue weighted by Gasteiger charge is -2.32. The fraction of sp³-hybridized carbons (Fsp3) is 0.250. The molecule has 0 aliphatic heterocycles. The predicted molar refractivity (Wildman–Crippen MR) is 123 cm³/mol. The van der Waals surface area contributed by atoms with Crippen LogP contribution in [0.25, 0.3) is 31.3 Å². The van der Waals surface area contributed by atoms with Gasteiger partial charge in [0.15, 0.2) is 11.2 Å². The summed E-state index contributed by atoms with van der Waals surface area (Å²) in [5.41, 5.74) is 1.16. The van der Waals surface area contributed by atoms with E-state index in [1.807, 2.05) is 39.0 Å². The Hall–Kier alpha value is -1.85. The van der Waals surface area contributed by atoms with Crippen LogP contribution >= 0.6 is 23.4 Å². The van der Waals surface area contributed by atoms with Gasteiger partial charge in [-0.3, -0.25) is 4.18 Å². The van der Waals surface area contributed by atoms with Crippen LogP contribution in [0.5, 0.6) is 0 Å². The number of thiophene rings is 1. The lowest BCUT2D eigenvalue weighted by Crippen LogP contribution is -2.45. The summed E-state index contributed by atoms with van der Waals surface area (Å²) in [5, 5.41) is 10.9. The van der Waals surface area contributed by atoms with Crippen LogP contribution in [0.2, 0.25) is 0 Å². The van der Waals surface area contributed by atoms with E-state index in [1.165, 1.54) is 43.3 Å². The smallest absolute Gasteiger partial charge is 0.187 e. The monoisotopic (exact) mass is 409 g/mol. The maximum absolute atomic E-state index is 8.26. The predicted octanol–water partition coefficient (Wildman–Crippen LogP) is 7.03. The Morgan fingerprint density at radius 2 is 1.50 bits per heavy atom. The molecule has 3 aromatic carbocycles. The molecular weight excluding hydrogens is 384 g/mol. The Bertz CT molecular complexity index is 1140. The van der Waals surface area contributed by atoms with Crippen LogP contribution in [0, 0.1) is 0 Å². The van der Waals surface area contributed by atoms with E-state index in [9.17, 15) is 0 Å². The standard InChI is InChI=1S/C24H24O2S2/c1-23(2,25)24(3,4)26-28-18-9-7-8-16(14-18)17-12-13-20-19-10-5-6-11-21(19)27-22(20)15-17/h5-15,25H,1-4H3/p+1. The van der Waals surface area contributed by atoms with E-state index in [4.69, 9.17) is 9.29 Å². The molecule has 0 saturated carbocycles. The highest BCUT2D eigenvalue weighted by atomic mass is 32.2. The zero-order valence-corrected chi connectivity index (χ0v) is 18.2. The molecule has 144 valence electrons. The quantitative estimate of drug-likeness (QED) is 0.262. The Morgan fingerprint density at radius 3 is 2.29 bits per heavy atom. The van der Waals surface area contributed by atoms with Gasteiger partial charge < -0.3 is 5.11 Å². The third-order valence-corrected chi connectivity index (χ3v) is 7.48. The van der Waals surface area contributed by atoms with Crippen molar-refractivity contribution in [2.75, 3.05) is 0 Å². The van der Waals surface area contributed by atoms with Crippen molar-refractivity contribution in [2.24, 2.45) is 0 Å². The van der Waals surface area contributed by atoms with E-state index in [2.05, 4.69) is 66.7 Å². The van der Waals surface area contributed by atoms with Crippen molar-refractivity contribution in [3.8, 4) is 11.1 Å². The van der Waals surface area contributed by atoms with Gasteiger partial charge in [-0.05, 0) is 49.2 Å². The highest BCUT2D eigenvalue weighted by molar-refractivity contribution is 7.94. The van der Waals surface area contributed by atoms with Crippen LogP contribution in [0.3, 0.4) is 0 Å². The zero-order valence-electron chi connectivity index (χ0n) is 16.6. The van der Waals surface area contributed by atoms with Gasteiger partial charge in [0.25, 0.3) is 0 Å². The van der Waals surface area contributed by atoms with Crippen LogP contribution in [0.4, 0.5) is 0 Å². The highest BCUT2D eigenvalue weighted by Crippen LogP contribution is 2.38. The average molecular weight is 410 g/mol. The first-order valence-corrected chi connectivity index (χ1v) is 10.9. The molecule has 0 unspecified atom stereocenters. The highest BCUT2D eigenvalue weighted by Gasteiger charge is 2.41. The molecule has 1 aromatic heterocycles. The summed E-state index contributed by atoms with van der Waals surface area (Å²) < 4.78 is 8.65. The second-order valence-electron chi connectivity index (χ2n) is 8.14. The van der Waals surface area contributed by atoms with Gasteiger partial charge in [-0.2, -0.15) is 0 Å². The SMILES string of the molecule is CC(C)([OH2+])C(C)(C)OSc1cccc(-c2ccc3c(c2)sc2ccccc23)c1. The minimum atomic E-state index is -0.677. The summed E-state index contributed by atoms with van der Waals surface area (Å²) in [4.78, 5) is 1.05. The number of fused-ring (bicyclic) bond motifs is 3. The summed E-state index contributed by atoms with van der Waals surface area (Å²) >= 11 is 3.19. The minimum absolute atomic E-state index is 0.552. The van der Waals surface area contributed by atoms with Gasteiger partial charge in [0.05, 0.1) is 0 Å². The molecule has 0 aliphatic rings. The van der Waals surface area contributed by atoms with E-state index in [-0.39, 0.29) is 0 Å². The van der Waals surface area contributed by atoms with Crippen LogP contribution < -0.4 is 0 Å². The van der Waals surface area contributed by atoms with E-state index in [1.54, 1.807) is 0 Å². The van der Waals surface area contributed by atoms with Crippen molar-refractivity contribution in [3.63, 3.8) is 0 Å². The second kappa shape index (κ2) is 7.20. The molecule has 0 aliphatic carbocycles. The van der Waals surface area contributed by atoms with Gasteiger partial charge in [-0.25, -0.2) is 0 Å². The molecular formula is C24H25O2S2+.